The van der Waals surface area contributed by atoms with Crippen molar-refractivity contribution in [1.29, 1.82) is 5.41 Å². The Morgan fingerprint density at radius 2 is 1.88 bits per heavy atom. The van der Waals surface area contributed by atoms with E-state index in [1.165, 1.54) is 46.6 Å². The summed E-state index contributed by atoms with van der Waals surface area (Å²) in [6.07, 6.45) is 0.260. The van der Waals surface area contributed by atoms with Crippen LogP contribution in [0.2, 0.25) is 0 Å². The van der Waals surface area contributed by atoms with Gasteiger partial charge in [-0.15, -0.1) is 11.3 Å². The summed E-state index contributed by atoms with van der Waals surface area (Å²) in [6, 6.07) is 10.5. The Balaban J connectivity index is 1.25. The van der Waals surface area contributed by atoms with Gasteiger partial charge >= 0.3 is 0 Å². The van der Waals surface area contributed by atoms with Crippen LogP contribution in [0.15, 0.2) is 53.9 Å². The van der Waals surface area contributed by atoms with Crippen LogP contribution >= 0.6 is 11.3 Å². The number of carbonyl (C=O) groups excluding carboxylic acids is 3. The number of amides is 3. The molecule has 0 spiro atoms. The molecule has 3 atom stereocenters. The molecule has 0 saturated carbocycles. The number of fused-ring (bicyclic) bond motifs is 3. The zero-order valence-corrected chi connectivity index (χ0v) is 22.9. The van der Waals surface area contributed by atoms with Crippen LogP contribution in [0.4, 0.5) is 8.78 Å². The van der Waals surface area contributed by atoms with Gasteiger partial charge in [0.15, 0.2) is 0 Å². The summed E-state index contributed by atoms with van der Waals surface area (Å²) in [7, 11) is 0. The molecule has 6 N–H and O–H groups in total. The van der Waals surface area contributed by atoms with E-state index in [1.54, 1.807) is 30.5 Å². The smallest absolute Gasteiger partial charge is 0.299 e. The Kier molecular flexibility index (Phi) is 7.62. The van der Waals surface area contributed by atoms with Crippen LogP contribution in [0.25, 0.3) is 11.1 Å². The standard InChI is InChI=1S/C29H29F2N5O4S/c1-15(24-10-18(14-41-24)26(32)33)35-28(40)23-8-16(13-37)12-36(23)25(38)11-34-27(39)17-6-7-22-20(9-17)19-4-2-3-5-21(19)29(22,30)31/h2-7,9-10,14-16,23,37H,8,11-13H2,1H3,(H3,32,33)(H,34,39)(H,35,40)/t15-,16?,23+/m1/s1. The van der Waals surface area contributed by atoms with E-state index in [0.717, 1.165) is 4.88 Å². The van der Waals surface area contributed by atoms with Crippen LogP contribution in [0.3, 0.4) is 0 Å². The lowest BCUT2D eigenvalue weighted by atomic mass is 10.0. The average molecular weight is 582 g/mol. The third kappa shape index (κ3) is 5.32. The van der Waals surface area contributed by atoms with Crippen molar-refractivity contribution in [2.45, 2.75) is 31.4 Å². The van der Waals surface area contributed by atoms with Crippen molar-refractivity contribution in [2.24, 2.45) is 11.7 Å². The number of rotatable bonds is 8. The molecule has 0 bridgehead atoms. The van der Waals surface area contributed by atoms with Gasteiger partial charge in [0.2, 0.25) is 11.8 Å². The predicted octanol–water partition coefficient (Wildman–Crippen LogP) is 2.97. The van der Waals surface area contributed by atoms with Gasteiger partial charge in [0.05, 0.1) is 12.6 Å². The van der Waals surface area contributed by atoms with Crippen LogP contribution in [-0.4, -0.2) is 59.3 Å². The van der Waals surface area contributed by atoms with E-state index in [-0.39, 0.29) is 53.6 Å². The number of hydrogen-bond acceptors (Lipinski definition) is 6. The van der Waals surface area contributed by atoms with Crippen LogP contribution < -0.4 is 16.4 Å². The molecular weight excluding hydrogens is 552 g/mol. The number of aliphatic hydroxyl groups is 1. The normalized spacial score (nSPS) is 19.3. The van der Waals surface area contributed by atoms with Crippen LogP contribution in [0, 0.1) is 11.3 Å². The molecule has 2 heterocycles. The molecule has 9 nitrogen and oxygen atoms in total. The second-order valence-corrected chi connectivity index (χ2v) is 11.2. The fourth-order valence-electron chi connectivity index (χ4n) is 5.36. The van der Waals surface area contributed by atoms with E-state index >= 15 is 0 Å². The Labute approximate surface area is 238 Å². The largest absolute Gasteiger partial charge is 0.396 e. The van der Waals surface area contributed by atoms with Gasteiger partial charge in [0, 0.05) is 51.6 Å². The molecule has 3 aromatic rings. The first kappa shape index (κ1) is 28.4. The Morgan fingerprint density at radius 1 is 1.15 bits per heavy atom. The minimum atomic E-state index is -3.16. The highest BCUT2D eigenvalue weighted by molar-refractivity contribution is 7.10. The van der Waals surface area contributed by atoms with E-state index < -0.39 is 42.3 Å². The molecule has 5 rings (SSSR count). The number of nitrogens with two attached hydrogens (primary N) is 1. The van der Waals surface area contributed by atoms with Crippen molar-refractivity contribution >= 4 is 34.9 Å². The minimum Gasteiger partial charge on any atom is -0.396 e. The highest BCUT2D eigenvalue weighted by Gasteiger charge is 2.44. The lowest BCUT2D eigenvalue weighted by Gasteiger charge is -2.25. The second-order valence-electron chi connectivity index (χ2n) is 10.3. The monoisotopic (exact) mass is 581 g/mol. The molecule has 214 valence electrons. The van der Waals surface area contributed by atoms with E-state index in [9.17, 15) is 28.3 Å². The number of carbonyl (C=O) groups is 3. The number of alkyl halides is 2. The summed E-state index contributed by atoms with van der Waals surface area (Å²) < 4.78 is 29.7. The first-order valence-corrected chi connectivity index (χ1v) is 13.9. The first-order valence-electron chi connectivity index (χ1n) is 13.0. The summed E-state index contributed by atoms with van der Waals surface area (Å²) in [4.78, 5) is 41.4. The molecule has 1 unspecified atom stereocenters. The average Bonchev–Trinajstić information content (AvgIpc) is 3.68. The molecule has 3 amide bonds. The number of nitrogen functional groups attached to an aromatic ring is 1. The molecule has 2 aliphatic rings. The zero-order valence-electron chi connectivity index (χ0n) is 22.1. The summed E-state index contributed by atoms with van der Waals surface area (Å²) in [5, 5.41) is 24.4. The maximum Gasteiger partial charge on any atom is 0.299 e. The molecule has 1 saturated heterocycles. The van der Waals surface area contributed by atoms with E-state index in [0.29, 0.717) is 11.1 Å². The Morgan fingerprint density at radius 3 is 2.59 bits per heavy atom. The molecule has 12 heteroatoms. The number of nitrogens with one attached hydrogen (secondary N) is 3. The lowest BCUT2D eigenvalue weighted by Crippen LogP contribution is -2.49. The molecule has 1 aliphatic carbocycles. The molecule has 2 aromatic carbocycles. The van der Waals surface area contributed by atoms with Gasteiger partial charge < -0.3 is 26.4 Å². The molecule has 1 aliphatic heterocycles. The Hall–Kier alpha value is -4.16. The van der Waals surface area contributed by atoms with Crippen molar-refractivity contribution in [3.05, 3.63) is 81.0 Å². The molecule has 41 heavy (non-hydrogen) atoms. The fourth-order valence-corrected chi connectivity index (χ4v) is 6.28. The van der Waals surface area contributed by atoms with Gasteiger partial charge in [-0.05, 0) is 42.7 Å². The van der Waals surface area contributed by atoms with Crippen LogP contribution in [0.5, 0.6) is 0 Å². The first-order chi connectivity index (χ1) is 19.5. The lowest BCUT2D eigenvalue weighted by molar-refractivity contribution is -0.138. The third-order valence-corrected chi connectivity index (χ3v) is 8.68. The van der Waals surface area contributed by atoms with Gasteiger partial charge in [-0.2, -0.15) is 8.78 Å². The van der Waals surface area contributed by atoms with Crippen molar-refractivity contribution < 1.29 is 28.3 Å². The van der Waals surface area contributed by atoms with Crippen molar-refractivity contribution in [1.82, 2.24) is 15.5 Å². The van der Waals surface area contributed by atoms with E-state index in [1.807, 2.05) is 0 Å². The van der Waals surface area contributed by atoms with Crippen molar-refractivity contribution in [3.63, 3.8) is 0 Å². The minimum absolute atomic E-state index is 0.0749. The number of thiophene rings is 1. The number of amidine groups is 1. The number of nitrogens with zero attached hydrogens (tertiary/aromatic N) is 1. The summed E-state index contributed by atoms with van der Waals surface area (Å²) in [6.45, 7) is 1.32. The highest BCUT2D eigenvalue weighted by Crippen LogP contribution is 2.50. The van der Waals surface area contributed by atoms with Gasteiger partial charge in [0.25, 0.3) is 11.8 Å². The van der Waals surface area contributed by atoms with Crippen molar-refractivity contribution in [2.75, 3.05) is 19.7 Å². The predicted molar refractivity (Wildman–Crippen MR) is 150 cm³/mol. The number of likely N-dealkylation sites (tertiary alicyclic amines) is 1. The van der Waals surface area contributed by atoms with Crippen LogP contribution in [0.1, 0.15) is 51.3 Å². The second kappa shape index (κ2) is 11.0. The Bertz CT molecular complexity index is 1540. The number of halogens is 2. The highest BCUT2D eigenvalue weighted by atomic mass is 32.1. The van der Waals surface area contributed by atoms with Gasteiger partial charge in [-0.3, -0.25) is 19.8 Å². The molecule has 1 aromatic heterocycles. The summed E-state index contributed by atoms with van der Waals surface area (Å²) in [5.41, 5.74) is 6.53. The topological polar surface area (TPSA) is 149 Å². The van der Waals surface area contributed by atoms with E-state index in [2.05, 4.69) is 10.6 Å². The zero-order chi connectivity index (χ0) is 29.5. The molecular formula is C29H29F2N5O4S. The maximum absolute atomic E-state index is 14.8. The number of hydrogen-bond donors (Lipinski definition) is 5. The fraction of sp³-hybridized carbons (Fsp3) is 0.310. The van der Waals surface area contributed by atoms with E-state index in [4.69, 9.17) is 11.1 Å². The maximum atomic E-state index is 14.8. The number of benzene rings is 2. The quantitative estimate of drug-likeness (QED) is 0.205. The van der Waals surface area contributed by atoms with Crippen molar-refractivity contribution in [3.8, 4) is 11.1 Å². The van der Waals surface area contributed by atoms with Gasteiger partial charge in [0.1, 0.15) is 11.9 Å². The summed E-state index contributed by atoms with van der Waals surface area (Å²) in [5.74, 6) is -5.05. The number of aliphatic hydroxyl groups excluding tert-OH is 1. The molecule has 1 fully saturated rings. The van der Waals surface area contributed by atoms with Gasteiger partial charge in [-0.25, -0.2) is 0 Å². The molecule has 0 radical (unpaired) electrons. The SMILES string of the molecule is C[C@@H](NC(=O)[C@@H]1CC(CO)CN1C(=O)CNC(=O)c1ccc2c(c1)-c1ccccc1C2(F)F)c1cc(C(=N)N)cs1. The van der Waals surface area contributed by atoms with Gasteiger partial charge in [-0.1, -0.05) is 30.3 Å². The third-order valence-electron chi connectivity index (χ3n) is 7.56. The summed E-state index contributed by atoms with van der Waals surface area (Å²) >= 11 is 1.35. The van der Waals surface area contributed by atoms with Crippen LogP contribution in [-0.2, 0) is 15.5 Å².